The summed E-state index contributed by atoms with van der Waals surface area (Å²) in [7, 11) is 0. The summed E-state index contributed by atoms with van der Waals surface area (Å²) >= 11 is 0. The molecule has 7 heteroatoms. The molecule has 0 bridgehead atoms. The molecule has 0 unspecified atom stereocenters. The zero-order valence-electron chi connectivity index (χ0n) is 16.7. The molecule has 152 valence electrons. The van der Waals surface area contributed by atoms with Crippen LogP contribution in [-0.2, 0) is 16.0 Å². The maximum Gasteiger partial charge on any atom is 0.229 e. The zero-order chi connectivity index (χ0) is 20.5. The molecule has 1 saturated heterocycles. The molecule has 1 saturated carbocycles. The number of likely N-dealkylation sites (tertiary alicyclic amines) is 1. The van der Waals surface area contributed by atoms with Crippen LogP contribution in [0.2, 0.25) is 0 Å². The van der Waals surface area contributed by atoms with E-state index in [2.05, 4.69) is 15.3 Å². The van der Waals surface area contributed by atoms with E-state index < -0.39 is 5.82 Å². The second-order valence-electron chi connectivity index (χ2n) is 7.98. The standard InChI is InChI=1S/C22H25FN4O2/c1-13-17(11-20(28)26-19-6-4-3-5-18(19)23)14(2)25-21(24-13)16-9-10-27(12-16)22(29)15-7-8-15/h3-6,15-16H,7-12H2,1-2H3,(H,26,28)/t16-/m1/s1. The van der Waals surface area contributed by atoms with E-state index in [1.54, 1.807) is 12.1 Å². The van der Waals surface area contributed by atoms with Gasteiger partial charge in [-0.3, -0.25) is 9.59 Å². The predicted molar refractivity (Wildman–Crippen MR) is 107 cm³/mol. The third kappa shape index (κ3) is 4.28. The number of aromatic nitrogens is 2. The molecule has 1 aliphatic carbocycles. The van der Waals surface area contributed by atoms with Crippen LogP contribution in [0.3, 0.4) is 0 Å². The molecule has 6 nitrogen and oxygen atoms in total. The van der Waals surface area contributed by atoms with E-state index >= 15 is 0 Å². The highest BCUT2D eigenvalue weighted by atomic mass is 19.1. The van der Waals surface area contributed by atoms with Gasteiger partial charge in [-0.25, -0.2) is 14.4 Å². The summed E-state index contributed by atoms with van der Waals surface area (Å²) < 4.78 is 13.7. The molecule has 2 amide bonds. The van der Waals surface area contributed by atoms with Crippen LogP contribution in [0.25, 0.3) is 0 Å². The lowest BCUT2D eigenvalue weighted by Crippen LogP contribution is -2.29. The first kappa shape index (κ1) is 19.5. The Morgan fingerprint density at radius 3 is 2.48 bits per heavy atom. The third-order valence-corrected chi connectivity index (χ3v) is 5.71. The second-order valence-corrected chi connectivity index (χ2v) is 7.98. The summed E-state index contributed by atoms with van der Waals surface area (Å²) in [6.45, 7) is 5.16. The molecule has 2 heterocycles. The van der Waals surface area contributed by atoms with Crippen LogP contribution in [0.1, 0.15) is 48.0 Å². The summed E-state index contributed by atoms with van der Waals surface area (Å²) in [5, 5.41) is 2.60. The summed E-state index contributed by atoms with van der Waals surface area (Å²) in [4.78, 5) is 35.9. The number of carbonyl (C=O) groups is 2. The summed E-state index contributed by atoms with van der Waals surface area (Å²) in [6, 6.07) is 6.09. The average molecular weight is 396 g/mol. The van der Waals surface area contributed by atoms with E-state index in [-0.39, 0.29) is 35.8 Å². The molecule has 1 aromatic carbocycles. The third-order valence-electron chi connectivity index (χ3n) is 5.71. The van der Waals surface area contributed by atoms with Gasteiger partial charge in [0.25, 0.3) is 0 Å². The number of aryl methyl sites for hydroxylation is 2. The first-order chi connectivity index (χ1) is 13.9. The van der Waals surface area contributed by atoms with E-state index in [4.69, 9.17) is 0 Å². The van der Waals surface area contributed by atoms with E-state index in [0.29, 0.717) is 6.54 Å². The number of benzene rings is 1. The van der Waals surface area contributed by atoms with Gasteiger partial charge in [0.2, 0.25) is 11.8 Å². The maximum atomic E-state index is 13.7. The monoisotopic (exact) mass is 396 g/mol. The minimum Gasteiger partial charge on any atom is -0.342 e. The first-order valence-corrected chi connectivity index (χ1v) is 10.1. The number of nitrogens with one attached hydrogen (secondary N) is 1. The van der Waals surface area contributed by atoms with Gasteiger partial charge in [-0.1, -0.05) is 12.1 Å². The lowest BCUT2D eigenvalue weighted by atomic mass is 10.0. The van der Waals surface area contributed by atoms with Crippen molar-refractivity contribution < 1.29 is 14.0 Å². The zero-order valence-corrected chi connectivity index (χ0v) is 16.7. The lowest BCUT2D eigenvalue weighted by Gasteiger charge is -2.17. The number of rotatable bonds is 5. The maximum absolute atomic E-state index is 13.7. The van der Waals surface area contributed by atoms with Crippen molar-refractivity contribution in [2.45, 2.75) is 45.4 Å². The molecule has 29 heavy (non-hydrogen) atoms. The highest BCUT2D eigenvalue weighted by Crippen LogP contribution is 2.34. The Labute approximate surface area is 169 Å². The Balaban J connectivity index is 1.44. The molecule has 1 N–H and O–H groups in total. The molecule has 1 aromatic heterocycles. The van der Waals surface area contributed by atoms with Crippen molar-refractivity contribution in [1.29, 1.82) is 0 Å². The molecule has 2 fully saturated rings. The summed E-state index contributed by atoms with van der Waals surface area (Å²) in [5.74, 6) is 0.601. The second kappa shape index (κ2) is 7.89. The largest absolute Gasteiger partial charge is 0.342 e. The van der Waals surface area contributed by atoms with Crippen LogP contribution < -0.4 is 5.32 Å². The quantitative estimate of drug-likeness (QED) is 0.843. The molecule has 2 aliphatic rings. The number of amides is 2. The Morgan fingerprint density at radius 1 is 1.14 bits per heavy atom. The molecule has 1 atom stereocenters. The van der Waals surface area contributed by atoms with Gasteiger partial charge in [0.1, 0.15) is 11.6 Å². The topological polar surface area (TPSA) is 75.2 Å². The van der Waals surface area contributed by atoms with E-state index in [0.717, 1.165) is 48.6 Å². The summed E-state index contributed by atoms with van der Waals surface area (Å²) in [6.07, 6.45) is 2.98. The Bertz CT molecular complexity index is 935. The highest BCUT2D eigenvalue weighted by molar-refractivity contribution is 5.92. The lowest BCUT2D eigenvalue weighted by molar-refractivity contribution is -0.131. The van der Waals surface area contributed by atoms with E-state index in [1.807, 2.05) is 18.7 Å². The number of hydrogen-bond donors (Lipinski definition) is 1. The molecule has 1 aliphatic heterocycles. The van der Waals surface area contributed by atoms with Gasteiger partial charge in [-0.2, -0.15) is 0 Å². The molecule has 4 rings (SSSR count). The Morgan fingerprint density at radius 2 is 1.83 bits per heavy atom. The van der Waals surface area contributed by atoms with E-state index in [9.17, 15) is 14.0 Å². The van der Waals surface area contributed by atoms with Gasteiger partial charge < -0.3 is 10.2 Å². The number of halogens is 1. The van der Waals surface area contributed by atoms with Crippen LogP contribution in [-0.4, -0.2) is 39.8 Å². The normalized spacial score (nSPS) is 18.7. The van der Waals surface area contributed by atoms with Gasteiger partial charge >= 0.3 is 0 Å². The number of carbonyl (C=O) groups excluding carboxylic acids is 2. The van der Waals surface area contributed by atoms with Crippen LogP contribution in [0, 0.1) is 25.6 Å². The minimum absolute atomic E-state index is 0.0865. The van der Waals surface area contributed by atoms with E-state index in [1.165, 1.54) is 12.1 Å². The van der Waals surface area contributed by atoms with Gasteiger partial charge in [-0.15, -0.1) is 0 Å². The fourth-order valence-corrected chi connectivity index (χ4v) is 3.88. The summed E-state index contributed by atoms with van der Waals surface area (Å²) in [5.41, 5.74) is 2.43. The smallest absolute Gasteiger partial charge is 0.229 e. The minimum atomic E-state index is -0.465. The fraction of sp³-hybridized carbons (Fsp3) is 0.455. The molecule has 0 radical (unpaired) electrons. The van der Waals surface area contributed by atoms with Crippen molar-refractivity contribution in [1.82, 2.24) is 14.9 Å². The van der Waals surface area contributed by atoms with Crippen molar-refractivity contribution in [3.63, 3.8) is 0 Å². The van der Waals surface area contributed by atoms with Crippen molar-refractivity contribution in [3.05, 3.63) is 52.9 Å². The number of anilines is 1. The molecule has 2 aromatic rings. The average Bonchev–Trinajstić information content (AvgIpc) is 3.42. The first-order valence-electron chi connectivity index (χ1n) is 10.1. The van der Waals surface area contributed by atoms with Gasteiger partial charge in [-0.05, 0) is 45.2 Å². The molecular weight excluding hydrogens is 371 g/mol. The van der Waals surface area contributed by atoms with Crippen LogP contribution in [0.5, 0.6) is 0 Å². The van der Waals surface area contributed by atoms with Crippen LogP contribution in [0.15, 0.2) is 24.3 Å². The number of nitrogens with zero attached hydrogens (tertiary/aromatic N) is 3. The van der Waals surface area contributed by atoms with Crippen molar-refractivity contribution in [3.8, 4) is 0 Å². The Hall–Kier alpha value is -2.83. The van der Waals surface area contributed by atoms with Crippen LogP contribution >= 0.6 is 0 Å². The van der Waals surface area contributed by atoms with Crippen molar-refractivity contribution >= 4 is 17.5 Å². The SMILES string of the molecule is Cc1nc([C@@H]2CCN(C(=O)C3CC3)C2)nc(C)c1CC(=O)Nc1ccccc1F. The predicted octanol–water partition coefficient (Wildman–Crippen LogP) is 3.14. The highest BCUT2D eigenvalue weighted by Gasteiger charge is 2.37. The van der Waals surface area contributed by atoms with Crippen molar-refractivity contribution in [2.75, 3.05) is 18.4 Å². The fourth-order valence-electron chi connectivity index (χ4n) is 3.88. The Kier molecular flexibility index (Phi) is 5.30. The van der Waals surface area contributed by atoms with Gasteiger partial charge in [0.05, 0.1) is 12.1 Å². The molecular formula is C22H25FN4O2. The van der Waals surface area contributed by atoms with Gasteiger partial charge in [0, 0.05) is 41.9 Å². The van der Waals surface area contributed by atoms with Crippen molar-refractivity contribution in [2.24, 2.45) is 5.92 Å². The molecule has 0 spiro atoms. The number of para-hydroxylation sites is 1. The van der Waals surface area contributed by atoms with Gasteiger partial charge in [0.15, 0.2) is 0 Å². The number of hydrogen-bond acceptors (Lipinski definition) is 4. The van der Waals surface area contributed by atoms with Crippen LogP contribution in [0.4, 0.5) is 10.1 Å².